The van der Waals surface area contributed by atoms with Crippen LogP contribution in [-0.4, -0.2) is 23.8 Å². The van der Waals surface area contributed by atoms with Crippen molar-refractivity contribution in [2.75, 3.05) is 7.05 Å². The molecule has 1 unspecified atom stereocenters. The molecule has 3 rings (SSSR count). The molecular formula is C14H15NO2S2. The number of nitrogens with zero attached hydrogens (tertiary/aromatic N) is 1. The van der Waals surface area contributed by atoms with Crippen molar-refractivity contribution in [1.29, 1.82) is 0 Å². The fraction of sp³-hybridized carbons (Fsp3) is 0.429. The van der Waals surface area contributed by atoms with Crippen LogP contribution in [0.2, 0.25) is 0 Å². The summed E-state index contributed by atoms with van der Waals surface area (Å²) in [6.45, 7) is 2.05. The molecule has 0 aromatic heterocycles. The molecule has 1 atom stereocenters. The lowest BCUT2D eigenvalue weighted by Gasteiger charge is -2.30. The van der Waals surface area contributed by atoms with Gasteiger partial charge in [-0.05, 0) is 37.0 Å². The lowest BCUT2D eigenvalue weighted by atomic mass is 9.85. The van der Waals surface area contributed by atoms with E-state index in [0.29, 0.717) is 5.56 Å². The van der Waals surface area contributed by atoms with Crippen molar-refractivity contribution >= 4 is 34.3 Å². The molecule has 1 aliphatic heterocycles. The van der Waals surface area contributed by atoms with Crippen LogP contribution in [0.15, 0.2) is 18.2 Å². The first-order valence-electron chi connectivity index (χ1n) is 6.28. The van der Waals surface area contributed by atoms with Gasteiger partial charge in [0.15, 0.2) is 0 Å². The molecule has 1 spiro atoms. The van der Waals surface area contributed by atoms with Gasteiger partial charge in [0.2, 0.25) is 5.91 Å². The number of rotatable bonds is 2. The lowest BCUT2D eigenvalue weighted by molar-refractivity contribution is -0.130. The van der Waals surface area contributed by atoms with Gasteiger partial charge < -0.3 is 0 Å². The van der Waals surface area contributed by atoms with Gasteiger partial charge in [0, 0.05) is 17.9 Å². The predicted molar refractivity (Wildman–Crippen MR) is 79.4 cm³/mol. The fourth-order valence-electron chi connectivity index (χ4n) is 2.79. The van der Waals surface area contributed by atoms with Gasteiger partial charge in [-0.2, -0.15) is 0 Å². The number of thiol groups is 1. The zero-order chi connectivity index (χ0) is 13.8. The van der Waals surface area contributed by atoms with E-state index in [0.717, 1.165) is 24.0 Å². The molecule has 1 saturated carbocycles. The molecule has 0 N–H and O–H groups in total. The van der Waals surface area contributed by atoms with Crippen molar-refractivity contribution in [3.63, 3.8) is 0 Å². The smallest absolute Gasteiger partial charge is 0.260 e. The highest BCUT2D eigenvalue weighted by Gasteiger charge is 2.57. The molecule has 19 heavy (non-hydrogen) atoms. The third-order valence-corrected chi connectivity index (χ3v) is 5.72. The first kappa shape index (κ1) is 13.1. The number of benzene rings is 1. The van der Waals surface area contributed by atoms with Gasteiger partial charge in [-0.15, -0.1) is 11.7 Å². The van der Waals surface area contributed by atoms with E-state index in [9.17, 15) is 9.59 Å². The number of amides is 2. The van der Waals surface area contributed by atoms with E-state index < -0.39 is 5.41 Å². The van der Waals surface area contributed by atoms with Crippen LogP contribution in [0.5, 0.6) is 0 Å². The van der Waals surface area contributed by atoms with E-state index in [2.05, 4.69) is 18.6 Å². The first-order valence-corrected chi connectivity index (χ1v) is 8.21. The highest BCUT2D eigenvalue weighted by Crippen LogP contribution is 2.53. The van der Waals surface area contributed by atoms with Crippen molar-refractivity contribution in [3.8, 4) is 0 Å². The summed E-state index contributed by atoms with van der Waals surface area (Å²) in [6, 6.07) is 5.90. The first-order chi connectivity index (χ1) is 9.01. The van der Waals surface area contributed by atoms with E-state index in [4.69, 9.17) is 0 Å². The Morgan fingerprint density at radius 1 is 1.37 bits per heavy atom. The maximum absolute atomic E-state index is 12.3. The largest absolute Gasteiger partial charge is 0.281 e. The third-order valence-electron chi connectivity index (χ3n) is 4.19. The summed E-state index contributed by atoms with van der Waals surface area (Å²) in [6.07, 6.45) is 1.71. The average Bonchev–Trinajstić information content (AvgIpc) is 3.23. The number of carbonyl (C=O) groups is 2. The van der Waals surface area contributed by atoms with Gasteiger partial charge in [-0.1, -0.05) is 22.9 Å². The molecule has 5 heteroatoms. The Hall–Kier alpha value is -0.940. The zero-order valence-electron chi connectivity index (χ0n) is 10.8. The quantitative estimate of drug-likeness (QED) is 0.517. The maximum Gasteiger partial charge on any atom is 0.260 e. The highest BCUT2D eigenvalue weighted by atomic mass is 33.1. The van der Waals surface area contributed by atoms with Crippen LogP contribution in [0.1, 0.15) is 46.5 Å². The summed E-state index contributed by atoms with van der Waals surface area (Å²) in [5.41, 5.74) is 2.27. The number of imide groups is 1. The van der Waals surface area contributed by atoms with E-state index in [1.807, 2.05) is 18.2 Å². The number of likely N-dealkylation sites (N-methyl/N-ethyl adjacent to an activating group) is 1. The summed E-state index contributed by atoms with van der Waals surface area (Å²) in [5.74, 6) is -0.231. The van der Waals surface area contributed by atoms with Crippen LogP contribution in [0.25, 0.3) is 0 Å². The van der Waals surface area contributed by atoms with Gasteiger partial charge in [0.05, 0.1) is 5.41 Å². The fourth-order valence-corrected chi connectivity index (χ4v) is 3.42. The van der Waals surface area contributed by atoms with E-state index >= 15 is 0 Å². The van der Waals surface area contributed by atoms with E-state index in [-0.39, 0.29) is 17.1 Å². The van der Waals surface area contributed by atoms with Gasteiger partial charge >= 0.3 is 0 Å². The molecule has 2 aliphatic rings. The molecule has 2 amide bonds. The van der Waals surface area contributed by atoms with Crippen molar-refractivity contribution in [2.24, 2.45) is 0 Å². The van der Waals surface area contributed by atoms with Gasteiger partial charge in [-0.3, -0.25) is 14.5 Å². The Bertz CT molecular complexity index is 581. The molecular weight excluding hydrogens is 278 g/mol. The lowest BCUT2D eigenvalue weighted by Crippen LogP contribution is -2.46. The van der Waals surface area contributed by atoms with E-state index in [1.54, 1.807) is 7.05 Å². The molecule has 0 bridgehead atoms. The number of hydrogen-bond donors (Lipinski definition) is 1. The summed E-state index contributed by atoms with van der Waals surface area (Å²) in [7, 11) is 3.03. The summed E-state index contributed by atoms with van der Waals surface area (Å²) < 4.78 is 0. The van der Waals surface area contributed by atoms with Crippen LogP contribution >= 0.6 is 22.5 Å². The highest BCUT2D eigenvalue weighted by molar-refractivity contribution is 8.68. The van der Waals surface area contributed by atoms with Crippen molar-refractivity contribution < 1.29 is 9.59 Å². The minimum atomic E-state index is -0.409. The SMILES string of the molecule is CC(SS)c1ccc2c(c1)C(=O)N(C)C(=O)C21CC1. The van der Waals surface area contributed by atoms with Gasteiger partial charge in [0.1, 0.15) is 0 Å². The number of hydrogen-bond acceptors (Lipinski definition) is 4. The Kier molecular flexibility index (Phi) is 2.94. The Morgan fingerprint density at radius 3 is 2.63 bits per heavy atom. The van der Waals surface area contributed by atoms with E-state index in [1.165, 1.54) is 15.7 Å². The predicted octanol–water partition coefficient (Wildman–Crippen LogP) is 2.97. The number of carbonyl (C=O) groups excluding carboxylic acids is 2. The van der Waals surface area contributed by atoms with Crippen LogP contribution in [0.4, 0.5) is 0 Å². The molecule has 1 fully saturated rings. The van der Waals surface area contributed by atoms with Crippen LogP contribution in [0.3, 0.4) is 0 Å². The molecule has 1 aromatic carbocycles. The summed E-state index contributed by atoms with van der Waals surface area (Å²) >= 11 is 4.22. The standard InChI is InChI=1S/C14H15NO2S2/c1-8(19-18)9-3-4-11-10(7-9)12(16)15(2)13(17)14(11)5-6-14/h3-4,7-8,18H,5-6H2,1-2H3. The van der Waals surface area contributed by atoms with Crippen LogP contribution in [-0.2, 0) is 10.2 Å². The summed E-state index contributed by atoms with van der Waals surface area (Å²) in [4.78, 5) is 25.8. The van der Waals surface area contributed by atoms with Crippen LogP contribution < -0.4 is 0 Å². The Labute approximate surface area is 121 Å². The van der Waals surface area contributed by atoms with Crippen molar-refractivity contribution in [2.45, 2.75) is 30.4 Å². The molecule has 0 saturated heterocycles. The molecule has 100 valence electrons. The molecule has 3 nitrogen and oxygen atoms in total. The second kappa shape index (κ2) is 4.28. The Morgan fingerprint density at radius 2 is 2.05 bits per heavy atom. The summed E-state index contributed by atoms with van der Waals surface area (Å²) in [5, 5.41) is 0.222. The second-order valence-electron chi connectivity index (χ2n) is 5.30. The van der Waals surface area contributed by atoms with Gasteiger partial charge in [0.25, 0.3) is 5.91 Å². The van der Waals surface area contributed by atoms with Crippen LogP contribution in [0, 0.1) is 0 Å². The zero-order valence-corrected chi connectivity index (χ0v) is 12.6. The molecule has 0 radical (unpaired) electrons. The van der Waals surface area contributed by atoms with Gasteiger partial charge in [-0.25, -0.2) is 0 Å². The maximum atomic E-state index is 12.3. The minimum Gasteiger partial charge on any atom is -0.281 e. The number of fused-ring (bicyclic) bond motifs is 2. The van der Waals surface area contributed by atoms with Crippen molar-refractivity contribution in [3.05, 3.63) is 34.9 Å². The van der Waals surface area contributed by atoms with Crippen molar-refractivity contribution in [1.82, 2.24) is 4.90 Å². The molecule has 1 aliphatic carbocycles. The third kappa shape index (κ3) is 1.75. The average molecular weight is 293 g/mol. The Balaban J connectivity index is 2.14. The second-order valence-corrected chi connectivity index (χ2v) is 6.85. The normalized spacial score (nSPS) is 21.5. The monoisotopic (exact) mass is 293 g/mol. The molecule has 1 heterocycles. The minimum absolute atomic E-state index is 0.0469. The topological polar surface area (TPSA) is 37.4 Å². The molecule has 1 aromatic rings.